The van der Waals surface area contributed by atoms with Crippen molar-refractivity contribution in [3.8, 4) is 5.88 Å². The second-order valence-electron chi connectivity index (χ2n) is 9.42. The summed E-state index contributed by atoms with van der Waals surface area (Å²) in [5, 5.41) is 13.4. The lowest BCUT2D eigenvalue weighted by Gasteiger charge is -2.38. The van der Waals surface area contributed by atoms with E-state index in [0.717, 1.165) is 44.5 Å². The van der Waals surface area contributed by atoms with Gasteiger partial charge < -0.3 is 19.9 Å². The maximum Gasteiger partial charge on any atom is 0.220 e. The summed E-state index contributed by atoms with van der Waals surface area (Å²) in [4.78, 5) is 19.3. The summed E-state index contributed by atoms with van der Waals surface area (Å²) in [6.45, 7) is 8.15. The van der Waals surface area contributed by atoms with Crippen LogP contribution in [0.4, 0.5) is 0 Å². The Labute approximate surface area is 180 Å². The van der Waals surface area contributed by atoms with Crippen LogP contribution in [0, 0.1) is 17.3 Å². The number of aromatic nitrogens is 1. The summed E-state index contributed by atoms with van der Waals surface area (Å²) in [5.41, 5.74) is 0.716. The summed E-state index contributed by atoms with van der Waals surface area (Å²) in [7, 11) is 1.66. The molecule has 1 amide bonds. The Kier molecular flexibility index (Phi) is 8.08. The Morgan fingerprint density at radius 1 is 1.37 bits per heavy atom. The molecule has 3 rings (SSSR count). The number of aliphatic hydroxyl groups excluding tert-OH is 1. The zero-order valence-corrected chi connectivity index (χ0v) is 18.6. The molecule has 0 unspecified atom stereocenters. The highest BCUT2D eigenvalue weighted by atomic mass is 16.5. The van der Waals surface area contributed by atoms with Crippen molar-refractivity contribution in [2.45, 2.75) is 52.2 Å². The molecule has 7 nitrogen and oxygen atoms in total. The smallest absolute Gasteiger partial charge is 0.220 e. The average molecular weight is 420 g/mol. The molecule has 2 N–H and O–H groups in total. The minimum atomic E-state index is -0.616. The fourth-order valence-corrected chi connectivity index (χ4v) is 4.54. The maximum absolute atomic E-state index is 12.6. The van der Waals surface area contributed by atoms with E-state index in [4.69, 9.17) is 9.47 Å². The maximum atomic E-state index is 12.6. The van der Waals surface area contributed by atoms with Gasteiger partial charge in [0, 0.05) is 49.8 Å². The molecule has 30 heavy (non-hydrogen) atoms. The molecule has 2 aliphatic rings. The quantitative estimate of drug-likeness (QED) is 0.782. The number of carbonyl (C=O) groups is 1. The number of pyridine rings is 1. The van der Waals surface area contributed by atoms with Gasteiger partial charge in [-0.25, -0.2) is 4.98 Å². The van der Waals surface area contributed by atoms with Gasteiger partial charge in [-0.05, 0) is 43.7 Å². The highest BCUT2D eigenvalue weighted by Crippen LogP contribution is 2.32. The van der Waals surface area contributed by atoms with Gasteiger partial charge in [-0.3, -0.25) is 9.69 Å². The Bertz CT molecular complexity index is 697. The monoisotopic (exact) mass is 419 g/mol. The fraction of sp³-hybridized carbons (Fsp3) is 0.739. The van der Waals surface area contributed by atoms with E-state index in [0.29, 0.717) is 37.4 Å². The fourth-order valence-electron chi connectivity index (χ4n) is 4.54. The van der Waals surface area contributed by atoms with Crippen LogP contribution in [0.3, 0.4) is 0 Å². The van der Waals surface area contributed by atoms with E-state index in [2.05, 4.69) is 21.3 Å². The van der Waals surface area contributed by atoms with Crippen molar-refractivity contribution in [3.05, 3.63) is 23.9 Å². The zero-order valence-electron chi connectivity index (χ0n) is 18.6. The number of carbonyl (C=O) groups excluding carboxylic acids is 1. The first kappa shape index (κ1) is 23.0. The zero-order chi connectivity index (χ0) is 21.6. The first-order valence-electron chi connectivity index (χ1n) is 11.1. The number of methoxy groups -OCH3 is 1. The first-order chi connectivity index (χ1) is 14.4. The summed E-state index contributed by atoms with van der Waals surface area (Å²) < 4.78 is 11.3. The van der Waals surface area contributed by atoms with Crippen LogP contribution < -0.4 is 10.1 Å². The molecule has 0 bridgehead atoms. The van der Waals surface area contributed by atoms with Crippen molar-refractivity contribution in [1.29, 1.82) is 0 Å². The molecular formula is C23H37N3O4. The van der Waals surface area contributed by atoms with E-state index in [9.17, 15) is 9.90 Å². The van der Waals surface area contributed by atoms with Crippen molar-refractivity contribution in [2.24, 2.45) is 17.3 Å². The lowest BCUT2D eigenvalue weighted by atomic mass is 9.80. The number of piperidine rings is 1. The van der Waals surface area contributed by atoms with Gasteiger partial charge in [-0.1, -0.05) is 19.9 Å². The Balaban J connectivity index is 1.64. The number of amides is 1. The van der Waals surface area contributed by atoms with Crippen LogP contribution in [0.25, 0.3) is 0 Å². The third-order valence-corrected chi connectivity index (χ3v) is 6.59. The molecule has 0 radical (unpaired) electrons. The van der Waals surface area contributed by atoms with Gasteiger partial charge in [0.25, 0.3) is 0 Å². The van der Waals surface area contributed by atoms with Crippen molar-refractivity contribution in [3.63, 3.8) is 0 Å². The molecule has 1 aromatic rings. The van der Waals surface area contributed by atoms with Gasteiger partial charge >= 0.3 is 0 Å². The molecule has 0 aliphatic carbocycles. The predicted molar refractivity (Wildman–Crippen MR) is 115 cm³/mol. The van der Waals surface area contributed by atoms with Crippen LogP contribution in [0.2, 0.25) is 0 Å². The van der Waals surface area contributed by atoms with E-state index >= 15 is 0 Å². The van der Waals surface area contributed by atoms with Crippen molar-refractivity contribution < 1.29 is 19.4 Å². The molecule has 2 fully saturated rings. The third kappa shape index (κ3) is 6.15. The second-order valence-corrected chi connectivity index (χ2v) is 9.42. The number of ether oxygens (including phenoxy) is 2. The van der Waals surface area contributed by atoms with E-state index in [1.54, 1.807) is 13.3 Å². The minimum Gasteiger partial charge on any atom is -0.481 e. The SMILES string of the molecule is COc1ncccc1CN1CC[C@H]2CC(=O)NC[C@H](O)C(C)(C)COCCC[C@H]2C1. The first-order valence-corrected chi connectivity index (χ1v) is 11.1. The van der Waals surface area contributed by atoms with Crippen molar-refractivity contribution >= 4 is 5.91 Å². The highest BCUT2D eigenvalue weighted by molar-refractivity contribution is 5.76. The van der Waals surface area contributed by atoms with Gasteiger partial charge in [0.2, 0.25) is 11.8 Å². The van der Waals surface area contributed by atoms with Crippen LogP contribution in [0.15, 0.2) is 18.3 Å². The van der Waals surface area contributed by atoms with E-state index in [-0.39, 0.29) is 17.9 Å². The normalized spacial score (nSPS) is 28.9. The van der Waals surface area contributed by atoms with Gasteiger partial charge in [0.1, 0.15) is 0 Å². The lowest BCUT2D eigenvalue weighted by Crippen LogP contribution is -2.44. The number of rotatable bonds is 3. The van der Waals surface area contributed by atoms with Crippen LogP contribution in [0.1, 0.15) is 45.1 Å². The van der Waals surface area contributed by atoms with E-state index in [1.165, 1.54) is 0 Å². The number of nitrogens with zero attached hydrogens (tertiary/aromatic N) is 2. The Morgan fingerprint density at radius 3 is 3.00 bits per heavy atom. The molecule has 0 saturated carbocycles. The van der Waals surface area contributed by atoms with Crippen LogP contribution in [0.5, 0.6) is 5.88 Å². The summed E-state index contributed by atoms with van der Waals surface area (Å²) >= 11 is 0. The molecule has 3 atom stereocenters. The summed E-state index contributed by atoms with van der Waals surface area (Å²) in [5.74, 6) is 1.54. The van der Waals surface area contributed by atoms with E-state index < -0.39 is 6.10 Å². The average Bonchev–Trinajstić information content (AvgIpc) is 2.73. The second kappa shape index (κ2) is 10.6. The molecule has 1 aromatic heterocycles. The van der Waals surface area contributed by atoms with Gasteiger partial charge in [0.15, 0.2) is 0 Å². The van der Waals surface area contributed by atoms with Crippen LogP contribution in [-0.2, 0) is 16.1 Å². The van der Waals surface area contributed by atoms with Gasteiger partial charge in [-0.15, -0.1) is 0 Å². The number of hydrogen-bond acceptors (Lipinski definition) is 6. The lowest BCUT2D eigenvalue weighted by molar-refractivity contribution is -0.124. The van der Waals surface area contributed by atoms with E-state index in [1.807, 2.05) is 19.9 Å². The largest absolute Gasteiger partial charge is 0.481 e. The summed E-state index contributed by atoms with van der Waals surface area (Å²) in [6.07, 6.45) is 4.68. The molecule has 168 valence electrons. The number of aliphatic hydroxyl groups is 1. The number of β-amino-alcohol motifs (C(OH)–C–C–N with tert-alkyl or cyclic N) is 1. The topological polar surface area (TPSA) is 83.9 Å². The summed E-state index contributed by atoms with van der Waals surface area (Å²) in [6, 6.07) is 4.01. The molecule has 0 aromatic carbocycles. The van der Waals surface area contributed by atoms with Gasteiger partial charge in [-0.2, -0.15) is 0 Å². The molecule has 7 heteroatoms. The number of fused-ring (bicyclic) bond motifs is 1. The third-order valence-electron chi connectivity index (χ3n) is 6.59. The van der Waals surface area contributed by atoms with Crippen molar-refractivity contribution in [1.82, 2.24) is 15.2 Å². The highest BCUT2D eigenvalue weighted by Gasteiger charge is 2.33. The van der Waals surface area contributed by atoms with Gasteiger partial charge in [0.05, 0.1) is 19.8 Å². The van der Waals surface area contributed by atoms with Crippen molar-refractivity contribution in [2.75, 3.05) is 40.0 Å². The Hall–Kier alpha value is -1.70. The molecule has 2 aliphatic heterocycles. The molecule has 3 heterocycles. The minimum absolute atomic E-state index is 0.0439. The van der Waals surface area contributed by atoms with Crippen LogP contribution in [-0.4, -0.2) is 67.0 Å². The standard InChI is InChI=1S/C23H37N3O4/c1-23(2)16-30-11-5-7-18-14-26(15-19-6-4-9-24-22(19)29-3)10-8-17(18)12-21(28)25-13-20(23)27/h4,6,9,17-18,20,27H,5,7-8,10-16H2,1-3H3,(H,25,28)/t17-,18-,20-/m0/s1. The molecular weight excluding hydrogens is 382 g/mol. The number of likely N-dealkylation sites (tertiary alicyclic amines) is 1. The predicted octanol–water partition coefficient (Wildman–Crippen LogP) is 2.23. The number of nitrogens with one attached hydrogen (secondary N) is 1. The number of hydrogen-bond donors (Lipinski definition) is 2. The Morgan fingerprint density at radius 2 is 2.20 bits per heavy atom. The molecule has 0 spiro atoms. The molecule has 2 saturated heterocycles. The van der Waals surface area contributed by atoms with Crippen LogP contribution >= 0.6 is 0 Å².